The van der Waals surface area contributed by atoms with Crippen molar-refractivity contribution in [2.45, 2.75) is 46.4 Å². The van der Waals surface area contributed by atoms with Crippen LogP contribution < -0.4 is 10.5 Å². The van der Waals surface area contributed by atoms with Gasteiger partial charge in [0.05, 0.1) is 18.5 Å². The Hall–Kier alpha value is -3.84. The van der Waals surface area contributed by atoms with Crippen molar-refractivity contribution in [3.63, 3.8) is 0 Å². The summed E-state index contributed by atoms with van der Waals surface area (Å²) < 4.78 is 13.3. The van der Waals surface area contributed by atoms with Crippen LogP contribution >= 0.6 is 0 Å². The summed E-state index contributed by atoms with van der Waals surface area (Å²) in [5.74, 6) is 0.545. The summed E-state index contributed by atoms with van der Waals surface area (Å²) in [7, 11) is 0. The Morgan fingerprint density at radius 3 is 2.54 bits per heavy atom. The number of nitrogens with two attached hydrogens (primary N) is 1. The predicted octanol–water partition coefficient (Wildman–Crippen LogP) is 5.13. The van der Waals surface area contributed by atoms with Crippen molar-refractivity contribution in [2.75, 3.05) is 6.61 Å². The minimum absolute atomic E-state index is 0.152. The number of benzene rings is 3. The fraction of sp³-hybridized carbons (Fsp3) is 0.286. The van der Waals surface area contributed by atoms with Gasteiger partial charge >= 0.3 is 5.97 Å². The molecule has 0 radical (unpaired) electrons. The van der Waals surface area contributed by atoms with E-state index in [0.717, 1.165) is 33.3 Å². The number of carbonyl (C=O) groups is 1. The number of hydrogen-bond acceptors (Lipinski definition) is 6. The number of rotatable bonds is 9. The van der Waals surface area contributed by atoms with Crippen molar-refractivity contribution >= 4 is 16.9 Å². The van der Waals surface area contributed by atoms with Crippen molar-refractivity contribution in [2.24, 2.45) is 5.73 Å². The molecule has 3 N–H and O–H groups in total. The molecule has 4 rings (SSSR count). The molecule has 0 aliphatic carbocycles. The van der Waals surface area contributed by atoms with Crippen LogP contribution in [0, 0.1) is 0 Å². The minimum Gasteiger partial charge on any atom is -0.508 e. The molecule has 7 nitrogen and oxygen atoms in total. The fourth-order valence-electron chi connectivity index (χ4n) is 4.12. The average molecular weight is 474 g/mol. The number of fused-ring (bicyclic) bond motifs is 1. The number of phenolic OH excluding ortho intramolecular Hbond substituents is 1. The van der Waals surface area contributed by atoms with Crippen molar-refractivity contribution < 1.29 is 19.4 Å². The highest BCUT2D eigenvalue weighted by Gasteiger charge is 2.16. The molecule has 0 saturated carbocycles. The molecule has 0 fully saturated rings. The lowest BCUT2D eigenvalue weighted by Gasteiger charge is -2.11. The van der Waals surface area contributed by atoms with Crippen molar-refractivity contribution in [3.05, 3.63) is 77.5 Å². The Morgan fingerprint density at radius 1 is 1.06 bits per heavy atom. The summed E-state index contributed by atoms with van der Waals surface area (Å²) in [4.78, 5) is 12.0. The van der Waals surface area contributed by atoms with Gasteiger partial charge in [0, 0.05) is 29.1 Å². The van der Waals surface area contributed by atoms with Crippen LogP contribution in [0.1, 0.15) is 43.6 Å². The third-order valence-corrected chi connectivity index (χ3v) is 5.88. The lowest BCUT2D eigenvalue weighted by Crippen LogP contribution is -2.09. The molecule has 0 aliphatic heterocycles. The lowest BCUT2D eigenvalue weighted by molar-refractivity contribution is -0.142. The van der Waals surface area contributed by atoms with E-state index < -0.39 is 0 Å². The van der Waals surface area contributed by atoms with E-state index in [2.05, 4.69) is 32.0 Å². The maximum atomic E-state index is 12.0. The topological polar surface area (TPSA) is 99.6 Å². The highest BCUT2D eigenvalue weighted by molar-refractivity contribution is 5.87. The molecule has 0 spiro atoms. The molecule has 0 saturated heterocycles. The Bertz CT molecular complexity index is 1340. The zero-order valence-electron chi connectivity index (χ0n) is 20.3. The van der Waals surface area contributed by atoms with Gasteiger partial charge in [-0.3, -0.25) is 9.48 Å². The zero-order valence-corrected chi connectivity index (χ0v) is 20.3. The van der Waals surface area contributed by atoms with Crippen LogP contribution in [0.5, 0.6) is 11.5 Å². The molecule has 7 heteroatoms. The second-order valence-corrected chi connectivity index (χ2v) is 8.64. The lowest BCUT2D eigenvalue weighted by atomic mass is 10.0. The molecule has 0 bridgehead atoms. The highest BCUT2D eigenvalue weighted by atomic mass is 16.5. The Kier molecular flexibility index (Phi) is 7.36. The summed E-state index contributed by atoms with van der Waals surface area (Å²) >= 11 is 0. The van der Waals surface area contributed by atoms with Gasteiger partial charge in [-0.05, 0) is 62.2 Å². The molecule has 0 atom stereocenters. The van der Waals surface area contributed by atoms with E-state index in [9.17, 15) is 9.90 Å². The SMILES string of the molecule is CCOC(=O)Cc1ccccc1OCc1nn(C(C)C)c2ccc(-c3ccc(O)c(CN)c3)cc12. The first kappa shape index (κ1) is 24.3. The molecular weight excluding hydrogens is 442 g/mol. The second kappa shape index (κ2) is 10.6. The second-order valence-electron chi connectivity index (χ2n) is 8.64. The van der Waals surface area contributed by atoms with E-state index in [1.807, 2.05) is 41.1 Å². The Balaban J connectivity index is 1.68. The number of phenols is 1. The van der Waals surface area contributed by atoms with Crippen LogP contribution in [0.4, 0.5) is 0 Å². The van der Waals surface area contributed by atoms with Gasteiger partial charge in [0.15, 0.2) is 0 Å². The van der Waals surface area contributed by atoms with E-state index in [1.54, 1.807) is 13.0 Å². The van der Waals surface area contributed by atoms with Gasteiger partial charge < -0.3 is 20.3 Å². The van der Waals surface area contributed by atoms with Crippen LogP contribution in [0.25, 0.3) is 22.0 Å². The van der Waals surface area contributed by atoms with E-state index in [4.69, 9.17) is 20.3 Å². The summed E-state index contributed by atoms with van der Waals surface area (Å²) in [5, 5.41) is 15.8. The van der Waals surface area contributed by atoms with Crippen molar-refractivity contribution in [3.8, 4) is 22.6 Å². The monoisotopic (exact) mass is 473 g/mol. The maximum absolute atomic E-state index is 12.0. The molecular formula is C28H31N3O4. The third kappa shape index (κ3) is 5.30. The number of aromatic hydroxyl groups is 1. The quantitative estimate of drug-likeness (QED) is 0.327. The minimum atomic E-state index is -0.284. The molecule has 0 aliphatic rings. The number of aromatic nitrogens is 2. The van der Waals surface area contributed by atoms with Gasteiger partial charge in [0.2, 0.25) is 0 Å². The first-order valence-electron chi connectivity index (χ1n) is 11.8. The molecule has 0 unspecified atom stereocenters. The largest absolute Gasteiger partial charge is 0.508 e. The molecule has 182 valence electrons. The van der Waals surface area contributed by atoms with Gasteiger partial charge in [-0.1, -0.05) is 30.3 Å². The number of hydrogen-bond donors (Lipinski definition) is 2. The van der Waals surface area contributed by atoms with Gasteiger partial charge in [-0.25, -0.2) is 0 Å². The molecule has 4 aromatic rings. The van der Waals surface area contributed by atoms with Gasteiger partial charge in [0.25, 0.3) is 0 Å². The normalized spacial score (nSPS) is 11.2. The van der Waals surface area contributed by atoms with E-state index in [-0.39, 0.29) is 37.3 Å². The van der Waals surface area contributed by atoms with Crippen LogP contribution in [-0.4, -0.2) is 27.5 Å². The van der Waals surface area contributed by atoms with Crippen molar-refractivity contribution in [1.82, 2.24) is 9.78 Å². The summed E-state index contributed by atoms with van der Waals surface area (Å²) in [5.41, 5.74) is 11.0. The van der Waals surface area contributed by atoms with E-state index >= 15 is 0 Å². The molecule has 3 aromatic carbocycles. The number of para-hydroxylation sites is 1. The van der Waals surface area contributed by atoms with Gasteiger partial charge in [0.1, 0.15) is 23.8 Å². The van der Waals surface area contributed by atoms with E-state index in [0.29, 0.717) is 17.9 Å². The summed E-state index contributed by atoms with van der Waals surface area (Å²) in [6.07, 6.45) is 0.152. The molecule has 1 heterocycles. The van der Waals surface area contributed by atoms with Crippen molar-refractivity contribution in [1.29, 1.82) is 0 Å². The van der Waals surface area contributed by atoms with Gasteiger partial charge in [-0.15, -0.1) is 0 Å². The smallest absolute Gasteiger partial charge is 0.310 e. The summed E-state index contributed by atoms with van der Waals surface area (Å²) in [6, 6.07) is 19.3. The highest BCUT2D eigenvalue weighted by Crippen LogP contribution is 2.31. The number of esters is 1. The zero-order chi connectivity index (χ0) is 24.9. The van der Waals surface area contributed by atoms with E-state index in [1.165, 1.54) is 0 Å². The Labute approximate surface area is 205 Å². The molecule has 0 amide bonds. The number of carbonyl (C=O) groups excluding carboxylic acids is 1. The number of ether oxygens (including phenoxy) is 2. The summed E-state index contributed by atoms with van der Waals surface area (Å²) in [6.45, 7) is 6.83. The predicted molar refractivity (Wildman–Crippen MR) is 136 cm³/mol. The van der Waals surface area contributed by atoms with Gasteiger partial charge in [-0.2, -0.15) is 5.10 Å². The molecule has 35 heavy (non-hydrogen) atoms. The fourth-order valence-corrected chi connectivity index (χ4v) is 4.12. The van der Waals surface area contributed by atoms with Crippen LogP contribution in [-0.2, 0) is 29.1 Å². The first-order chi connectivity index (χ1) is 16.9. The average Bonchev–Trinajstić information content (AvgIpc) is 3.22. The molecule has 1 aromatic heterocycles. The standard InChI is InChI=1S/C28H31N3O4/c1-4-34-28(33)15-21-7-5-6-8-27(21)35-17-24-23-14-20(9-11-25(23)31(30-24)18(2)3)19-10-12-26(32)22(13-19)16-29/h5-14,18,32H,4,15-17,29H2,1-3H3. The third-order valence-electron chi connectivity index (χ3n) is 5.88. The maximum Gasteiger partial charge on any atom is 0.310 e. The number of nitrogens with zero attached hydrogens (tertiary/aromatic N) is 2. The first-order valence-corrected chi connectivity index (χ1v) is 11.8. The van der Waals surface area contributed by atoms with Crippen LogP contribution in [0.2, 0.25) is 0 Å². The van der Waals surface area contributed by atoms with Crippen LogP contribution in [0.3, 0.4) is 0 Å². The van der Waals surface area contributed by atoms with Crippen LogP contribution in [0.15, 0.2) is 60.7 Å². The Morgan fingerprint density at radius 2 is 1.80 bits per heavy atom.